The van der Waals surface area contributed by atoms with Gasteiger partial charge in [0.15, 0.2) is 0 Å². The van der Waals surface area contributed by atoms with Crippen LogP contribution in [-0.2, 0) is 6.54 Å². The molecule has 0 heterocycles. The van der Waals surface area contributed by atoms with Gasteiger partial charge < -0.3 is 10.1 Å². The van der Waals surface area contributed by atoms with Crippen LogP contribution < -0.4 is 10.1 Å². The molecular formula is C17H26ClNO. The van der Waals surface area contributed by atoms with Gasteiger partial charge in [0, 0.05) is 23.2 Å². The van der Waals surface area contributed by atoms with Crippen LogP contribution in [0.1, 0.15) is 45.6 Å². The number of hydrogen-bond acceptors (Lipinski definition) is 2. The van der Waals surface area contributed by atoms with Crippen molar-refractivity contribution < 1.29 is 4.74 Å². The third kappa shape index (κ3) is 3.67. The first-order valence-corrected chi connectivity index (χ1v) is 7.85. The third-order valence-electron chi connectivity index (χ3n) is 4.53. The van der Waals surface area contributed by atoms with Gasteiger partial charge in [-0.05, 0) is 42.7 Å². The molecule has 112 valence electrons. The first kappa shape index (κ1) is 15.7. The smallest absolute Gasteiger partial charge is 0.124 e. The van der Waals surface area contributed by atoms with E-state index in [0.717, 1.165) is 22.9 Å². The lowest BCUT2D eigenvalue weighted by Crippen LogP contribution is -2.41. The highest BCUT2D eigenvalue weighted by Gasteiger charge is 2.32. The minimum absolute atomic E-state index is 0.486. The lowest BCUT2D eigenvalue weighted by atomic mass is 9.70. The summed E-state index contributed by atoms with van der Waals surface area (Å²) < 4.78 is 5.40. The van der Waals surface area contributed by atoms with E-state index < -0.39 is 0 Å². The number of hydrogen-bond donors (Lipinski definition) is 1. The fourth-order valence-electron chi connectivity index (χ4n) is 3.38. The van der Waals surface area contributed by atoms with Gasteiger partial charge in [-0.3, -0.25) is 0 Å². The highest BCUT2D eigenvalue weighted by molar-refractivity contribution is 6.31. The van der Waals surface area contributed by atoms with Gasteiger partial charge in [0.25, 0.3) is 0 Å². The molecule has 0 bridgehead atoms. The van der Waals surface area contributed by atoms with Gasteiger partial charge in [0.1, 0.15) is 5.75 Å². The minimum atomic E-state index is 0.486. The summed E-state index contributed by atoms with van der Waals surface area (Å²) in [6.07, 6.45) is 3.81. The Morgan fingerprint density at radius 3 is 2.80 bits per heavy atom. The molecule has 2 rings (SSSR count). The van der Waals surface area contributed by atoms with E-state index in [-0.39, 0.29) is 0 Å². The molecule has 1 aliphatic rings. The predicted molar refractivity (Wildman–Crippen MR) is 85.4 cm³/mol. The molecule has 1 fully saturated rings. The van der Waals surface area contributed by atoms with E-state index in [1.165, 1.54) is 19.3 Å². The van der Waals surface area contributed by atoms with Crippen LogP contribution in [-0.4, -0.2) is 13.2 Å². The van der Waals surface area contributed by atoms with Crippen LogP contribution in [0.15, 0.2) is 18.2 Å². The van der Waals surface area contributed by atoms with Gasteiger partial charge in [-0.15, -0.1) is 0 Å². The maximum absolute atomic E-state index is 6.29. The fraction of sp³-hybridized carbons (Fsp3) is 0.647. The molecule has 1 aromatic rings. The number of methoxy groups -OCH3 is 1. The summed E-state index contributed by atoms with van der Waals surface area (Å²) in [5, 5.41) is 4.45. The molecule has 1 aliphatic carbocycles. The summed E-state index contributed by atoms with van der Waals surface area (Å²) in [7, 11) is 1.70. The van der Waals surface area contributed by atoms with Crippen LogP contribution in [0.3, 0.4) is 0 Å². The second kappa shape index (κ2) is 6.36. The summed E-state index contributed by atoms with van der Waals surface area (Å²) in [4.78, 5) is 0. The Kier molecular flexibility index (Phi) is 4.98. The highest BCUT2D eigenvalue weighted by atomic mass is 35.5. The highest BCUT2D eigenvalue weighted by Crippen LogP contribution is 2.38. The molecule has 2 atom stereocenters. The Labute approximate surface area is 127 Å². The fourth-order valence-corrected chi connectivity index (χ4v) is 3.62. The number of halogens is 1. The summed E-state index contributed by atoms with van der Waals surface area (Å²) in [6, 6.07) is 6.39. The zero-order valence-electron chi connectivity index (χ0n) is 13.0. The van der Waals surface area contributed by atoms with Crippen LogP contribution in [0.2, 0.25) is 5.02 Å². The molecule has 0 saturated heterocycles. The second-order valence-electron chi connectivity index (χ2n) is 6.79. The normalized spacial score (nSPS) is 25.4. The molecule has 1 N–H and O–H groups in total. The van der Waals surface area contributed by atoms with Crippen molar-refractivity contribution in [3.8, 4) is 5.75 Å². The van der Waals surface area contributed by atoms with E-state index in [1.807, 2.05) is 18.2 Å². The predicted octanol–water partition coefficient (Wildman–Crippen LogP) is 4.65. The maximum atomic E-state index is 6.29. The largest absolute Gasteiger partial charge is 0.496 e. The molecule has 0 radical (unpaired) electrons. The first-order valence-electron chi connectivity index (χ1n) is 7.48. The van der Waals surface area contributed by atoms with Gasteiger partial charge in [-0.25, -0.2) is 0 Å². The zero-order valence-corrected chi connectivity index (χ0v) is 13.8. The lowest BCUT2D eigenvalue weighted by Gasteiger charge is -2.39. The van der Waals surface area contributed by atoms with Crippen molar-refractivity contribution in [2.75, 3.05) is 7.11 Å². The topological polar surface area (TPSA) is 21.3 Å². The monoisotopic (exact) mass is 295 g/mol. The van der Waals surface area contributed by atoms with Crippen LogP contribution >= 0.6 is 11.6 Å². The number of rotatable bonds is 4. The Morgan fingerprint density at radius 1 is 1.40 bits per heavy atom. The van der Waals surface area contributed by atoms with Crippen molar-refractivity contribution in [2.45, 2.75) is 52.6 Å². The molecule has 1 saturated carbocycles. The Bertz CT molecular complexity index is 458. The van der Waals surface area contributed by atoms with Crippen LogP contribution in [0.25, 0.3) is 0 Å². The Morgan fingerprint density at radius 2 is 2.15 bits per heavy atom. The van der Waals surface area contributed by atoms with E-state index in [1.54, 1.807) is 7.11 Å². The van der Waals surface area contributed by atoms with Crippen molar-refractivity contribution in [3.63, 3.8) is 0 Å². The van der Waals surface area contributed by atoms with E-state index in [2.05, 4.69) is 26.1 Å². The number of benzene rings is 1. The Hall–Kier alpha value is -0.730. The molecule has 2 unspecified atom stereocenters. The average Bonchev–Trinajstić information content (AvgIpc) is 2.38. The molecule has 0 aliphatic heterocycles. The van der Waals surface area contributed by atoms with Crippen LogP contribution in [0, 0.1) is 11.3 Å². The molecule has 2 nitrogen and oxygen atoms in total. The van der Waals surface area contributed by atoms with E-state index in [0.29, 0.717) is 17.4 Å². The summed E-state index contributed by atoms with van der Waals surface area (Å²) in [6.45, 7) is 7.87. The van der Waals surface area contributed by atoms with Crippen molar-refractivity contribution in [1.82, 2.24) is 5.32 Å². The molecule has 0 spiro atoms. The standard InChI is InChI=1S/C17H26ClNO/c1-12-10-17(2,3)9-8-15(12)19-11-13-14(18)6-5-7-16(13)20-4/h5-7,12,15,19H,8-11H2,1-4H3. The van der Waals surface area contributed by atoms with E-state index in [4.69, 9.17) is 16.3 Å². The summed E-state index contributed by atoms with van der Waals surface area (Å²) in [5.41, 5.74) is 1.55. The minimum Gasteiger partial charge on any atom is -0.496 e. The summed E-state index contributed by atoms with van der Waals surface area (Å²) in [5.74, 6) is 1.57. The molecule has 1 aromatic carbocycles. The molecule has 0 aromatic heterocycles. The lowest BCUT2D eigenvalue weighted by molar-refractivity contribution is 0.148. The maximum Gasteiger partial charge on any atom is 0.124 e. The quantitative estimate of drug-likeness (QED) is 0.873. The van der Waals surface area contributed by atoms with Gasteiger partial charge in [0.05, 0.1) is 7.11 Å². The van der Waals surface area contributed by atoms with Crippen LogP contribution in [0.4, 0.5) is 0 Å². The Balaban J connectivity index is 1.99. The molecule has 20 heavy (non-hydrogen) atoms. The second-order valence-corrected chi connectivity index (χ2v) is 7.20. The first-order chi connectivity index (χ1) is 9.43. The van der Waals surface area contributed by atoms with Crippen LogP contribution in [0.5, 0.6) is 5.75 Å². The molecule has 3 heteroatoms. The van der Waals surface area contributed by atoms with Gasteiger partial charge >= 0.3 is 0 Å². The average molecular weight is 296 g/mol. The summed E-state index contributed by atoms with van der Waals surface area (Å²) >= 11 is 6.29. The number of nitrogens with one attached hydrogen (secondary N) is 1. The molecule has 0 amide bonds. The van der Waals surface area contributed by atoms with Crippen molar-refractivity contribution in [1.29, 1.82) is 0 Å². The van der Waals surface area contributed by atoms with Gasteiger partial charge in [0.2, 0.25) is 0 Å². The number of ether oxygens (including phenoxy) is 1. The van der Waals surface area contributed by atoms with E-state index in [9.17, 15) is 0 Å². The van der Waals surface area contributed by atoms with Crippen molar-refractivity contribution in [3.05, 3.63) is 28.8 Å². The van der Waals surface area contributed by atoms with E-state index >= 15 is 0 Å². The van der Waals surface area contributed by atoms with Gasteiger partial charge in [-0.2, -0.15) is 0 Å². The zero-order chi connectivity index (χ0) is 14.8. The van der Waals surface area contributed by atoms with Crippen molar-refractivity contribution >= 4 is 11.6 Å². The van der Waals surface area contributed by atoms with Crippen molar-refractivity contribution in [2.24, 2.45) is 11.3 Å². The SMILES string of the molecule is COc1cccc(Cl)c1CNC1CCC(C)(C)CC1C. The molecular weight excluding hydrogens is 270 g/mol. The van der Waals surface area contributed by atoms with Gasteiger partial charge in [-0.1, -0.05) is 38.4 Å². The third-order valence-corrected chi connectivity index (χ3v) is 4.88.